The maximum atomic E-state index is 13.0. The molecule has 0 saturated carbocycles. The van der Waals surface area contributed by atoms with E-state index in [0.717, 1.165) is 17.0 Å². The maximum absolute atomic E-state index is 13.0. The van der Waals surface area contributed by atoms with Gasteiger partial charge in [-0.05, 0) is 48.4 Å². The lowest BCUT2D eigenvalue weighted by Crippen LogP contribution is -2.40. The van der Waals surface area contributed by atoms with Gasteiger partial charge in [-0.25, -0.2) is 12.8 Å². The normalized spacial score (nSPS) is 19.0. The van der Waals surface area contributed by atoms with Gasteiger partial charge in [0.15, 0.2) is 0 Å². The van der Waals surface area contributed by atoms with E-state index in [1.54, 1.807) is 24.3 Å². The average Bonchev–Trinajstić information content (AvgIpc) is 2.86. The monoisotopic (exact) mass is 382 g/mol. The first-order chi connectivity index (χ1) is 11.8. The maximum Gasteiger partial charge on any atom is 0.244 e. The standard InChI is InChI=1S/C17H16ClFN2O3S/c1-11(19)10-21-7-6-16(17(21)22)20-25(23,24)15-5-3-12-8-14(18)4-2-13(12)9-15/h2-5,8-10,16,20H,6-7H2,1H3/b11-10-. The predicted octanol–water partition coefficient (Wildman–Crippen LogP) is 3.20. The second-order valence-electron chi connectivity index (χ2n) is 5.86. The van der Waals surface area contributed by atoms with E-state index in [1.807, 2.05) is 0 Å². The SMILES string of the molecule is C/C(F)=C/N1CCC(NS(=O)(=O)c2ccc3cc(Cl)ccc3c2)C1=O. The molecule has 0 aromatic heterocycles. The first-order valence-corrected chi connectivity index (χ1v) is 9.48. The number of nitrogens with one attached hydrogen (secondary N) is 1. The van der Waals surface area contributed by atoms with E-state index in [-0.39, 0.29) is 17.9 Å². The number of fused-ring (bicyclic) bond motifs is 1. The third-order valence-corrected chi connectivity index (χ3v) is 5.66. The Kier molecular flexibility index (Phi) is 4.81. The molecule has 5 nitrogen and oxygen atoms in total. The van der Waals surface area contributed by atoms with Gasteiger partial charge in [0.25, 0.3) is 0 Å². The van der Waals surface area contributed by atoms with Gasteiger partial charge < -0.3 is 4.90 Å². The summed E-state index contributed by atoms with van der Waals surface area (Å²) in [7, 11) is -3.88. The average molecular weight is 383 g/mol. The molecular formula is C17H16ClFN2O3S. The number of hydrogen-bond donors (Lipinski definition) is 1. The molecule has 1 N–H and O–H groups in total. The van der Waals surface area contributed by atoms with Gasteiger partial charge in [0.05, 0.1) is 4.90 Å². The van der Waals surface area contributed by atoms with Crippen molar-refractivity contribution < 1.29 is 17.6 Å². The lowest BCUT2D eigenvalue weighted by molar-refractivity contribution is -0.126. The lowest BCUT2D eigenvalue weighted by atomic mass is 10.1. The molecule has 1 amide bonds. The van der Waals surface area contributed by atoms with Crippen LogP contribution in [0, 0.1) is 0 Å². The zero-order chi connectivity index (χ0) is 18.2. The fourth-order valence-corrected chi connectivity index (χ4v) is 4.21. The molecule has 0 aliphatic carbocycles. The minimum absolute atomic E-state index is 0.0609. The van der Waals surface area contributed by atoms with Crippen LogP contribution < -0.4 is 4.72 Å². The Morgan fingerprint density at radius 3 is 2.68 bits per heavy atom. The molecule has 3 rings (SSSR count). The highest BCUT2D eigenvalue weighted by Crippen LogP contribution is 2.23. The van der Waals surface area contributed by atoms with Crippen molar-refractivity contribution in [2.75, 3.05) is 6.54 Å². The molecule has 0 radical (unpaired) electrons. The van der Waals surface area contributed by atoms with Crippen LogP contribution in [-0.4, -0.2) is 31.8 Å². The van der Waals surface area contributed by atoms with Crippen molar-refractivity contribution >= 4 is 38.3 Å². The number of halogens is 2. The van der Waals surface area contributed by atoms with Crippen molar-refractivity contribution in [3.8, 4) is 0 Å². The Morgan fingerprint density at radius 2 is 1.96 bits per heavy atom. The van der Waals surface area contributed by atoms with Crippen molar-refractivity contribution in [1.82, 2.24) is 9.62 Å². The van der Waals surface area contributed by atoms with Crippen LogP contribution in [0.4, 0.5) is 4.39 Å². The molecular weight excluding hydrogens is 367 g/mol. The van der Waals surface area contributed by atoms with Crippen molar-refractivity contribution in [3.05, 3.63) is 53.4 Å². The van der Waals surface area contributed by atoms with Crippen LogP contribution in [0.5, 0.6) is 0 Å². The van der Waals surface area contributed by atoms with Crippen molar-refractivity contribution in [2.45, 2.75) is 24.3 Å². The Hall–Kier alpha value is -1.96. The third kappa shape index (κ3) is 3.84. The molecule has 1 unspecified atom stereocenters. The van der Waals surface area contributed by atoms with Crippen molar-refractivity contribution in [2.24, 2.45) is 0 Å². The van der Waals surface area contributed by atoms with E-state index in [2.05, 4.69) is 4.72 Å². The van der Waals surface area contributed by atoms with Crippen molar-refractivity contribution in [3.63, 3.8) is 0 Å². The summed E-state index contributed by atoms with van der Waals surface area (Å²) < 4.78 is 40.5. The fourth-order valence-electron chi connectivity index (χ4n) is 2.77. The summed E-state index contributed by atoms with van der Waals surface area (Å²) in [4.78, 5) is 13.4. The molecule has 1 aliphatic heterocycles. The smallest absolute Gasteiger partial charge is 0.244 e. The molecule has 1 atom stereocenters. The highest BCUT2D eigenvalue weighted by atomic mass is 35.5. The molecule has 1 heterocycles. The number of hydrogen-bond acceptors (Lipinski definition) is 3. The third-order valence-electron chi connectivity index (χ3n) is 3.96. The molecule has 1 aliphatic rings. The summed E-state index contributed by atoms with van der Waals surface area (Å²) in [6.45, 7) is 1.50. The topological polar surface area (TPSA) is 66.5 Å². The van der Waals surface area contributed by atoms with Crippen LogP contribution in [0.1, 0.15) is 13.3 Å². The molecule has 2 aromatic carbocycles. The Morgan fingerprint density at radius 1 is 1.28 bits per heavy atom. The summed E-state index contributed by atoms with van der Waals surface area (Å²) in [6, 6.07) is 8.90. The van der Waals surface area contributed by atoms with E-state index in [0.29, 0.717) is 5.02 Å². The number of allylic oxidation sites excluding steroid dienone is 1. The van der Waals surface area contributed by atoms with Gasteiger partial charge in [0, 0.05) is 17.8 Å². The number of nitrogens with zero attached hydrogens (tertiary/aromatic N) is 1. The van der Waals surface area contributed by atoms with Crippen LogP contribution in [0.3, 0.4) is 0 Å². The number of amides is 1. The van der Waals surface area contributed by atoms with Crippen LogP contribution in [0.25, 0.3) is 10.8 Å². The van der Waals surface area contributed by atoms with Gasteiger partial charge in [-0.2, -0.15) is 4.72 Å². The first kappa shape index (κ1) is 17.8. The second-order valence-corrected chi connectivity index (χ2v) is 8.01. The van der Waals surface area contributed by atoms with Crippen LogP contribution in [0.15, 0.2) is 53.3 Å². The van der Waals surface area contributed by atoms with Gasteiger partial charge >= 0.3 is 0 Å². The summed E-state index contributed by atoms with van der Waals surface area (Å²) in [5.41, 5.74) is 0. The Balaban J connectivity index is 1.84. The summed E-state index contributed by atoms with van der Waals surface area (Å²) in [6.07, 6.45) is 1.36. The van der Waals surface area contributed by atoms with Crippen LogP contribution in [-0.2, 0) is 14.8 Å². The number of sulfonamides is 1. The Bertz CT molecular complexity index is 971. The summed E-state index contributed by atoms with van der Waals surface area (Å²) >= 11 is 5.92. The van der Waals surface area contributed by atoms with E-state index in [1.165, 1.54) is 24.0 Å². The molecule has 8 heteroatoms. The molecule has 0 spiro atoms. The summed E-state index contributed by atoms with van der Waals surface area (Å²) in [5.74, 6) is -0.974. The second kappa shape index (κ2) is 6.74. The van der Waals surface area contributed by atoms with Gasteiger partial charge in [-0.1, -0.05) is 23.7 Å². The van der Waals surface area contributed by atoms with Crippen molar-refractivity contribution in [1.29, 1.82) is 0 Å². The molecule has 0 bridgehead atoms. The van der Waals surface area contributed by atoms with Gasteiger partial charge in [-0.3, -0.25) is 4.79 Å². The molecule has 2 aromatic rings. The molecule has 1 fully saturated rings. The van der Waals surface area contributed by atoms with E-state index < -0.39 is 27.8 Å². The molecule has 1 saturated heterocycles. The van der Waals surface area contributed by atoms with Crippen LogP contribution in [0.2, 0.25) is 5.02 Å². The van der Waals surface area contributed by atoms with Gasteiger partial charge in [-0.15, -0.1) is 0 Å². The van der Waals surface area contributed by atoms with Gasteiger partial charge in [0.2, 0.25) is 15.9 Å². The molecule has 132 valence electrons. The lowest BCUT2D eigenvalue weighted by Gasteiger charge is -2.14. The van der Waals surface area contributed by atoms with Crippen LogP contribution >= 0.6 is 11.6 Å². The molecule has 25 heavy (non-hydrogen) atoms. The number of carbonyl (C=O) groups excluding carboxylic acids is 1. The minimum Gasteiger partial charge on any atom is -0.315 e. The summed E-state index contributed by atoms with van der Waals surface area (Å²) in [5, 5.41) is 2.11. The zero-order valence-electron chi connectivity index (χ0n) is 13.4. The number of carbonyl (C=O) groups is 1. The largest absolute Gasteiger partial charge is 0.315 e. The van der Waals surface area contributed by atoms with E-state index >= 15 is 0 Å². The minimum atomic E-state index is -3.88. The number of benzene rings is 2. The number of likely N-dealkylation sites (tertiary alicyclic amines) is 1. The quantitative estimate of drug-likeness (QED) is 0.883. The van der Waals surface area contributed by atoms with E-state index in [4.69, 9.17) is 11.6 Å². The fraction of sp³-hybridized carbons (Fsp3) is 0.235. The predicted molar refractivity (Wildman–Crippen MR) is 94.3 cm³/mol. The zero-order valence-corrected chi connectivity index (χ0v) is 14.9. The first-order valence-electron chi connectivity index (χ1n) is 7.62. The number of rotatable bonds is 4. The Labute approximate surface area is 150 Å². The van der Waals surface area contributed by atoms with E-state index in [9.17, 15) is 17.6 Å². The highest BCUT2D eigenvalue weighted by Gasteiger charge is 2.34. The highest BCUT2D eigenvalue weighted by molar-refractivity contribution is 7.89. The van der Waals surface area contributed by atoms with Gasteiger partial charge in [0.1, 0.15) is 11.9 Å².